The quantitative estimate of drug-likeness (QED) is 0.160. The molecule has 0 bridgehead atoms. The molecule has 1 nitrogen and oxygen atoms in total. The summed E-state index contributed by atoms with van der Waals surface area (Å²) in [6.45, 7) is 0. The molecule has 54 heavy (non-hydrogen) atoms. The minimum Gasteiger partial charge on any atom is -0.310 e. The summed E-state index contributed by atoms with van der Waals surface area (Å²) in [6.07, 6.45) is 0. The Labute approximate surface area is 319 Å². The summed E-state index contributed by atoms with van der Waals surface area (Å²) >= 11 is 1.85. The van der Waals surface area contributed by atoms with Gasteiger partial charge in [-0.1, -0.05) is 152 Å². The second-order valence-electron chi connectivity index (χ2n) is 13.8. The number of hydrogen-bond donors (Lipinski definition) is 0. The summed E-state index contributed by atoms with van der Waals surface area (Å²) in [5.74, 6) is 0. The lowest BCUT2D eigenvalue weighted by Gasteiger charge is -2.26. The van der Waals surface area contributed by atoms with E-state index < -0.39 is 0 Å². The zero-order valence-electron chi connectivity index (χ0n) is 29.6. The van der Waals surface area contributed by atoms with Crippen LogP contribution in [0.4, 0.5) is 17.1 Å². The first kappa shape index (κ1) is 32.0. The number of anilines is 3. The van der Waals surface area contributed by atoms with Crippen molar-refractivity contribution in [3.63, 3.8) is 0 Å². The molecule has 0 aliphatic heterocycles. The maximum Gasteiger partial charge on any atom is 0.0468 e. The number of nitrogens with zero attached hydrogens (tertiary/aromatic N) is 1. The van der Waals surface area contributed by atoms with Crippen LogP contribution in [0.2, 0.25) is 0 Å². The van der Waals surface area contributed by atoms with Crippen molar-refractivity contribution in [2.75, 3.05) is 4.90 Å². The SMILES string of the molecule is c1ccc(-c2ccc(N(c3ccc(-c4cccc(-c5cccc(-c6cccc7ccccc67)c5)c4)cc3)c3ccc4sc5ccccc5c4c3)cc2)cc1. The summed E-state index contributed by atoms with van der Waals surface area (Å²) < 4.78 is 2.62. The minimum absolute atomic E-state index is 1.11. The van der Waals surface area contributed by atoms with Crippen LogP contribution in [0.25, 0.3) is 75.5 Å². The van der Waals surface area contributed by atoms with Crippen LogP contribution in [0.5, 0.6) is 0 Å². The Bertz CT molecular complexity index is 2920. The number of fused-ring (bicyclic) bond motifs is 4. The van der Waals surface area contributed by atoms with Gasteiger partial charge in [-0.3, -0.25) is 0 Å². The van der Waals surface area contributed by atoms with Crippen molar-refractivity contribution in [2.24, 2.45) is 0 Å². The fourth-order valence-corrected chi connectivity index (χ4v) is 8.85. The Hall–Kier alpha value is -6.74. The van der Waals surface area contributed by atoms with Gasteiger partial charge in [0.2, 0.25) is 0 Å². The van der Waals surface area contributed by atoms with Gasteiger partial charge in [0.1, 0.15) is 0 Å². The molecule has 0 saturated heterocycles. The Balaban J connectivity index is 1.01. The molecule has 0 aliphatic carbocycles. The van der Waals surface area contributed by atoms with Crippen LogP contribution in [0.3, 0.4) is 0 Å². The molecule has 254 valence electrons. The van der Waals surface area contributed by atoms with Gasteiger partial charge in [-0.05, 0) is 116 Å². The Morgan fingerprint density at radius 1 is 0.278 bits per heavy atom. The van der Waals surface area contributed by atoms with Crippen LogP contribution in [-0.2, 0) is 0 Å². The van der Waals surface area contributed by atoms with E-state index in [0.717, 1.165) is 17.1 Å². The highest BCUT2D eigenvalue weighted by Gasteiger charge is 2.16. The minimum atomic E-state index is 1.11. The first-order chi connectivity index (χ1) is 26.7. The zero-order valence-corrected chi connectivity index (χ0v) is 30.4. The first-order valence-corrected chi connectivity index (χ1v) is 19.2. The van der Waals surface area contributed by atoms with Gasteiger partial charge in [-0.2, -0.15) is 0 Å². The lowest BCUT2D eigenvalue weighted by atomic mass is 9.94. The fourth-order valence-electron chi connectivity index (χ4n) is 7.76. The van der Waals surface area contributed by atoms with Gasteiger partial charge < -0.3 is 4.90 Å². The van der Waals surface area contributed by atoms with Crippen LogP contribution in [0.1, 0.15) is 0 Å². The largest absolute Gasteiger partial charge is 0.310 e. The third-order valence-corrected chi connectivity index (χ3v) is 11.6. The van der Waals surface area contributed by atoms with E-state index in [1.54, 1.807) is 0 Å². The van der Waals surface area contributed by atoms with Crippen LogP contribution in [-0.4, -0.2) is 0 Å². The third-order valence-electron chi connectivity index (χ3n) is 10.5. The van der Waals surface area contributed by atoms with Crippen molar-refractivity contribution in [2.45, 2.75) is 0 Å². The molecule has 0 spiro atoms. The van der Waals surface area contributed by atoms with E-state index in [-0.39, 0.29) is 0 Å². The zero-order chi connectivity index (χ0) is 35.8. The summed E-state index contributed by atoms with van der Waals surface area (Å²) in [6, 6.07) is 77.1. The number of rotatable bonds is 7. The van der Waals surface area contributed by atoms with E-state index in [2.05, 4.69) is 217 Å². The van der Waals surface area contributed by atoms with E-state index in [1.807, 2.05) is 11.3 Å². The summed E-state index contributed by atoms with van der Waals surface area (Å²) in [5.41, 5.74) is 13.1. The molecule has 0 saturated carbocycles. The molecule has 9 aromatic carbocycles. The Morgan fingerprint density at radius 2 is 0.759 bits per heavy atom. The number of thiophene rings is 1. The summed E-state index contributed by atoms with van der Waals surface area (Å²) in [4.78, 5) is 2.37. The molecule has 0 fully saturated rings. The average Bonchev–Trinajstić information content (AvgIpc) is 3.63. The van der Waals surface area contributed by atoms with E-state index in [1.165, 1.54) is 75.5 Å². The van der Waals surface area contributed by atoms with Gasteiger partial charge in [0.15, 0.2) is 0 Å². The maximum atomic E-state index is 2.37. The highest BCUT2D eigenvalue weighted by molar-refractivity contribution is 7.25. The van der Waals surface area contributed by atoms with Crippen molar-refractivity contribution < 1.29 is 0 Å². The van der Waals surface area contributed by atoms with Gasteiger partial charge in [0.25, 0.3) is 0 Å². The van der Waals surface area contributed by atoms with Crippen molar-refractivity contribution in [3.05, 3.63) is 212 Å². The summed E-state index contributed by atoms with van der Waals surface area (Å²) in [5, 5.41) is 5.12. The second kappa shape index (κ2) is 13.7. The predicted molar refractivity (Wildman–Crippen MR) is 233 cm³/mol. The second-order valence-corrected chi connectivity index (χ2v) is 14.8. The van der Waals surface area contributed by atoms with E-state index in [0.29, 0.717) is 0 Å². The molecule has 0 N–H and O–H groups in total. The topological polar surface area (TPSA) is 3.24 Å². The van der Waals surface area contributed by atoms with Gasteiger partial charge in [0.05, 0.1) is 0 Å². The lowest BCUT2D eigenvalue weighted by molar-refractivity contribution is 1.29. The summed E-state index contributed by atoms with van der Waals surface area (Å²) in [7, 11) is 0. The monoisotopic (exact) mass is 705 g/mol. The molecular formula is C52H35NS. The van der Waals surface area contributed by atoms with E-state index in [4.69, 9.17) is 0 Å². The Kier molecular flexibility index (Phi) is 8.09. The van der Waals surface area contributed by atoms with Crippen LogP contribution < -0.4 is 4.90 Å². The molecule has 0 atom stereocenters. The standard InChI is InChI=1S/C52H35NS/c1-2-11-36(12-3-1)37-23-27-44(28-24-37)53(46-31-32-52-50(35-46)49-20-6-7-22-51(49)54-52)45-29-25-38(26-30-45)40-15-8-16-41(33-40)42-17-9-18-43(34-42)48-21-10-14-39-13-4-5-19-47(39)48/h1-35H. The molecular weight excluding hydrogens is 671 g/mol. The van der Waals surface area contributed by atoms with E-state index >= 15 is 0 Å². The molecule has 10 aromatic rings. The molecule has 0 aliphatic rings. The van der Waals surface area contributed by atoms with Gasteiger partial charge in [-0.15, -0.1) is 11.3 Å². The van der Waals surface area contributed by atoms with Crippen LogP contribution >= 0.6 is 11.3 Å². The van der Waals surface area contributed by atoms with E-state index in [9.17, 15) is 0 Å². The number of benzene rings is 9. The highest BCUT2D eigenvalue weighted by atomic mass is 32.1. The van der Waals surface area contributed by atoms with Gasteiger partial charge in [0, 0.05) is 37.2 Å². The molecule has 0 unspecified atom stereocenters. The normalized spacial score (nSPS) is 11.3. The number of hydrogen-bond acceptors (Lipinski definition) is 2. The first-order valence-electron chi connectivity index (χ1n) is 18.4. The van der Waals surface area contributed by atoms with Gasteiger partial charge in [-0.25, -0.2) is 0 Å². The smallest absolute Gasteiger partial charge is 0.0468 e. The predicted octanol–water partition coefficient (Wildman–Crippen LogP) is 15.3. The van der Waals surface area contributed by atoms with Crippen molar-refractivity contribution in [3.8, 4) is 44.5 Å². The Morgan fingerprint density at radius 3 is 1.50 bits per heavy atom. The lowest BCUT2D eigenvalue weighted by Crippen LogP contribution is -2.09. The molecule has 2 heteroatoms. The molecule has 1 aromatic heterocycles. The highest BCUT2D eigenvalue weighted by Crippen LogP contribution is 2.42. The van der Waals surface area contributed by atoms with Crippen molar-refractivity contribution >= 4 is 59.3 Å². The molecule has 10 rings (SSSR count). The molecule has 0 radical (unpaired) electrons. The average molecular weight is 706 g/mol. The van der Waals surface area contributed by atoms with Crippen molar-refractivity contribution in [1.82, 2.24) is 0 Å². The molecule has 0 amide bonds. The maximum absolute atomic E-state index is 2.37. The van der Waals surface area contributed by atoms with Gasteiger partial charge >= 0.3 is 0 Å². The fraction of sp³-hybridized carbons (Fsp3) is 0. The van der Waals surface area contributed by atoms with Crippen LogP contribution in [0.15, 0.2) is 212 Å². The van der Waals surface area contributed by atoms with Crippen molar-refractivity contribution in [1.29, 1.82) is 0 Å². The third kappa shape index (κ3) is 5.93. The van der Waals surface area contributed by atoms with Crippen LogP contribution in [0, 0.1) is 0 Å². The molecule has 1 heterocycles.